The van der Waals surface area contributed by atoms with Crippen molar-refractivity contribution in [3.05, 3.63) is 35.6 Å². The summed E-state index contributed by atoms with van der Waals surface area (Å²) in [6.07, 6.45) is 0.970. The minimum atomic E-state index is -0.205. The van der Waals surface area contributed by atoms with Gasteiger partial charge in [-0.05, 0) is 24.1 Å². The van der Waals surface area contributed by atoms with E-state index in [1.54, 1.807) is 0 Å². The van der Waals surface area contributed by atoms with Crippen LogP contribution < -0.4 is 0 Å². The maximum absolute atomic E-state index is 13.0. The predicted molar refractivity (Wildman–Crippen MR) is 79.5 cm³/mol. The number of halogens is 1. The monoisotopic (exact) mass is 294 g/mol. The van der Waals surface area contributed by atoms with Gasteiger partial charge in [0, 0.05) is 39.3 Å². The lowest BCUT2D eigenvalue weighted by atomic mass is 10.0. The van der Waals surface area contributed by atoms with Gasteiger partial charge in [0.15, 0.2) is 0 Å². The van der Waals surface area contributed by atoms with Gasteiger partial charge < -0.3 is 9.64 Å². The Balaban J connectivity index is 1.96. The number of hydrogen-bond acceptors (Lipinski definition) is 3. The summed E-state index contributed by atoms with van der Waals surface area (Å²) >= 11 is 0. The molecule has 0 aliphatic carbocycles. The van der Waals surface area contributed by atoms with E-state index >= 15 is 0 Å². The van der Waals surface area contributed by atoms with Gasteiger partial charge in [-0.1, -0.05) is 19.1 Å². The molecule has 4 nitrogen and oxygen atoms in total. The Morgan fingerprint density at radius 3 is 2.38 bits per heavy atom. The van der Waals surface area contributed by atoms with E-state index < -0.39 is 0 Å². The zero-order valence-corrected chi connectivity index (χ0v) is 12.7. The maximum atomic E-state index is 13.0. The Kier molecular flexibility index (Phi) is 5.70. The molecule has 0 N–H and O–H groups in total. The van der Waals surface area contributed by atoms with E-state index in [9.17, 15) is 9.18 Å². The Hall–Kier alpha value is -1.46. The van der Waals surface area contributed by atoms with Crippen molar-refractivity contribution in [3.63, 3.8) is 0 Å². The highest BCUT2D eigenvalue weighted by atomic mass is 19.1. The van der Waals surface area contributed by atoms with Crippen molar-refractivity contribution in [2.24, 2.45) is 0 Å². The minimum Gasteiger partial charge on any atom is -0.375 e. The average Bonchev–Trinajstić information content (AvgIpc) is 2.51. The molecule has 1 aromatic rings. The van der Waals surface area contributed by atoms with Crippen LogP contribution in [0, 0.1) is 5.82 Å². The largest absolute Gasteiger partial charge is 0.375 e. The van der Waals surface area contributed by atoms with Crippen LogP contribution in [0.1, 0.15) is 24.9 Å². The van der Waals surface area contributed by atoms with E-state index in [0.29, 0.717) is 0 Å². The number of piperazine rings is 1. The van der Waals surface area contributed by atoms with Gasteiger partial charge in [-0.3, -0.25) is 9.69 Å². The van der Waals surface area contributed by atoms with Crippen LogP contribution in [-0.2, 0) is 9.53 Å². The van der Waals surface area contributed by atoms with Gasteiger partial charge in [-0.2, -0.15) is 0 Å². The van der Waals surface area contributed by atoms with Gasteiger partial charge in [0.05, 0.1) is 0 Å². The second-order valence-electron chi connectivity index (χ2n) is 5.33. The van der Waals surface area contributed by atoms with E-state index in [-0.39, 0.29) is 24.4 Å². The number of carbonyl (C=O) groups excluding carboxylic acids is 1. The number of rotatable bonds is 5. The lowest BCUT2D eigenvalue weighted by Gasteiger charge is -2.39. The number of amides is 1. The first-order chi connectivity index (χ1) is 10.2. The first-order valence-electron chi connectivity index (χ1n) is 7.42. The van der Waals surface area contributed by atoms with Crippen LogP contribution in [0.5, 0.6) is 0 Å². The van der Waals surface area contributed by atoms with Crippen LogP contribution in [0.25, 0.3) is 0 Å². The third-order valence-electron chi connectivity index (χ3n) is 4.02. The standard InChI is InChI=1S/C16H23FN2O2/c1-3-15(13-4-6-14(17)7-5-13)18-8-10-19(11-9-18)16(20)12-21-2/h4-7,15H,3,8-12H2,1-2H3. The fourth-order valence-electron chi connectivity index (χ4n) is 2.89. The highest BCUT2D eigenvalue weighted by molar-refractivity contribution is 5.77. The first-order valence-corrected chi connectivity index (χ1v) is 7.42. The molecule has 1 heterocycles. The van der Waals surface area contributed by atoms with Crippen LogP contribution >= 0.6 is 0 Å². The summed E-state index contributed by atoms with van der Waals surface area (Å²) < 4.78 is 17.9. The average molecular weight is 294 g/mol. The van der Waals surface area contributed by atoms with Crippen LogP contribution in [0.2, 0.25) is 0 Å². The number of nitrogens with zero attached hydrogens (tertiary/aromatic N) is 2. The third kappa shape index (κ3) is 4.02. The number of hydrogen-bond donors (Lipinski definition) is 0. The molecular weight excluding hydrogens is 271 g/mol. The lowest BCUT2D eigenvalue weighted by Crippen LogP contribution is -2.50. The summed E-state index contributed by atoms with van der Waals surface area (Å²) in [5.41, 5.74) is 1.13. The van der Waals surface area contributed by atoms with Gasteiger partial charge in [0.2, 0.25) is 5.91 Å². The van der Waals surface area contributed by atoms with Crippen molar-refractivity contribution in [1.82, 2.24) is 9.80 Å². The quantitative estimate of drug-likeness (QED) is 0.833. The molecule has 0 aromatic heterocycles. The number of carbonyl (C=O) groups is 1. The molecule has 0 bridgehead atoms. The summed E-state index contributed by atoms with van der Waals surface area (Å²) in [5.74, 6) is -0.157. The Bertz CT molecular complexity index is 456. The van der Waals surface area contributed by atoms with Gasteiger partial charge in [0.25, 0.3) is 0 Å². The van der Waals surface area contributed by atoms with E-state index in [1.807, 2.05) is 17.0 Å². The van der Waals surface area contributed by atoms with E-state index in [2.05, 4.69) is 11.8 Å². The first kappa shape index (κ1) is 15.9. The van der Waals surface area contributed by atoms with E-state index in [0.717, 1.165) is 38.2 Å². The number of ether oxygens (including phenoxy) is 1. The predicted octanol–water partition coefficient (Wildman–Crippen LogP) is 2.07. The molecule has 116 valence electrons. The molecule has 5 heteroatoms. The summed E-state index contributed by atoms with van der Waals surface area (Å²) in [4.78, 5) is 16.0. The van der Waals surface area contributed by atoms with E-state index in [1.165, 1.54) is 19.2 Å². The van der Waals surface area contributed by atoms with Crippen LogP contribution in [0.3, 0.4) is 0 Å². The van der Waals surface area contributed by atoms with Gasteiger partial charge >= 0.3 is 0 Å². The zero-order valence-electron chi connectivity index (χ0n) is 12.7. The third-order valence-corrected chi connectivity index (χ3v) is 4.02. The van der Waals surface area contributed by atoms with Crippen molar-refractivity contribution >= 4 is 5.91 Å². The van der Waals surface area contributed by atoms with Gasteiger partial charge in [-0.25, -0.2) is 4.39 Å². The molecule has 0 saturated carbocycles. The van der Waals surface area contributed by atoms with Crippen molar-refractivity contribution < 1.29 is 13.9 Å². The molecule has 2 rings (SSSR count). The van der Waals surface area contributed by atoms with Crippen LogP contribution in [0.4, 0.5) is 4.39 Å². The van der Waals surface area contributed by atoms with Crippen LogP contribution in [-0.4, -0.2) is 55.6 Å². The Morgan fingerprint density at radius 1 is 1.24 bits per heavy atom. The Morgan fingerprint density at radius 2 is 1.86 bits per heavy atom. The van der Waals surface area contributed by atoms with Gasteiger partial charge in [-0.15, -0.1) is 0 Å². The van der Waals surface area contributed by atoms with Crippen molar-refractivity contribution in [3.8, 4) is 0 Å². The van der Waals surface area contributed by atoms with Crippen molar-refractivity contribution in [2.75, 3.05) is 39.9 Å². The summed E-state index contributed by atoms with van der Waals surface area (Å²) in [6.45, 7) is 5.40. The molecular formula is C16H23FN2O2. The van der Waals surface area contributed by atoms with E-state index in [4.69, 9.17) is 4.74 Å². The Labute approximate surface area is 125 Å². The second kappa shape index (κ2) is 7.52. The maximum Gasteiger partial charge on any atom is 0.248 e. The summed E-state index contributed by atoms with van der Waals surface area (Å²) in [5, 5.41) is 0. The molecule has 0 radical (unpaired) electrons. The normalized spacial score (nSPS) is 17.8. The highest BCUT2D eigenvalue weighted by Gasteiger charge is 2.25. The molecule has 1 aliphatic heterocycles. The molecule has 1 aromatic carbocycles. The number of benzene rings is 1. The van der Waals surface area contributed by atoms with Crippen LogP contribution in [0.15, 0.2) is 24.3 Å². The fraction of sp³-hybridized carbons (Fsp3) is 0.562. The topological polar surface area (TPSA) is 32.8 Å². The molecule has 1 aliphatic rings. The number of methoxy groups -OCH3 is 1. The molecule has 1 atom stereocenters. The summed E-state index contributed by atoms with van der Waals surface area (Å²) in [6, 6.07) is 7.01. The minimum absolute atomic E-state index is 0.0481. The molecule has 21 heavy (non-hydrogen) atoms. The fourth-order valence-corrected chi connectivity index (χ4v) is 2.89. The summed E-state index contributed by atoms with van der Waals surface area (Å²) in [7, 11) is 1.54. The molecule has 0 spiro atoms. The molecule has 1 saturated heterocycles. The highest BCUT2D eigenvalue weighted by Crippen LogP contribution is 2.25. The van der Waals surface area contributed by atoms with Crippen molar-refractivity contribution in [2.45, 2.75) is 19.4 Å². The SMILES string of the molecule is CCC(c1ccc(F)cc1)N1CCN(C(=O)COC)CC1. The second-order valence-corrected chi connectivity index (χ2v) is 5.33. The van der Waals surface area contributed by atoms with Gasteiger partial charge in [0.1, 0.15) is 12.4 Å². The van der Waals surface area contributed by atoms with Crippen molar-refractivity contribution in [1.29, 1.82) is 0 Å². The smallest absolute Gasteiger partial charge is 0.248 e. The molecule has 1 unspecified atom stereocenters. The zero-order chi connectivity index (χ0) is 15.2. The molecule has 1 amide bonds. The lowest BCUT2D eigenvalue weighted by molar-refractivity contribution is -0.137. The molecule has 1 fully saturated rings.